The van der Waals surface area contributed by atoms with E-state index in [9.17, 15) is 0 Å². The molecule has 0 aliphatic heterocycles. The smallest absolute Gasteiger partial charge is 0.111 e. The fourth-order valence-electron chi connectivity index (χ4n) is 1.88. The van der Waals surface area contributed by atoms with Crippen molar-refractivity contribution in [3.63, 3.8) is 0 Å². The second kappa shape index (κ2) is 4.84. The first-order chi connectivity index (χ1) is 8.83. The van der Waals surface area contributed by atoms with Crippen molar-refractivity contribution in [3.8, 4) is 0 Å². The lowest BCUT2D eigenvalue weighted by molar-refractivity contribution is 0.702. The van der Waals surface area contributed by atoms with Crippen LogP contribution in [0.5, 0.6) is 0 Å². The topological polar surface area (TPSA) is 51.8 Å². The SMILES string of the molecule is NC(Cc1ccccn1)c1nc2ccccc2s1. The van der Waals surface area contributed by atoms with Crippen LogP contribution in [0.25, 0.3) is 10.2 Å². The number of hydrogen-bond donors (Lipinski definition) is 1. The highest BCUT2D eigenvalue weighted by molar-refractivity contribution is 7.18. The van der Waals surface area contributed by atoms with Gasteiger partial charge in [-0.05, 0) is 24.3 Å². The molecule has 3 nitrogen and oxygen atoms in total. The molecule has 3 rings (SSSR count). The summed E-state index contributed by atoms with van der Waals surface area (Å²) in [5.74, 6) is 0. The van der Waals surface area contributed by atoms with Crippen LogP contribution in [-0.4, -0.2) is 9.97 Å². The van der Waals surface area contributed by atoms with Crippen molar-refractivity contribution in [1.82, 2.24) is 9.97 Å². The van der Waals surface area contributed by atoms with Crippen molar-refractivity contribution in [2.45, 2.75) is 12.5 Å². The zero-order valence-electron chi connectivity index (χ0n) is 9.78. The van der Waals surface area contributed by atoms with Crippen LogP contribution in [-0.2, 0) is 6.42 Å². The van der Waals surface area contributed by atoms with Crippen LogP contribution in [0, 0.1) is 0 Å². The number of para-hydroxylation sites is 1. The Balaban J connectivity index is 1.86. The Labute approximate surface area is 109 Å². The fourth-order valence-corrected chi connectivity index (χ4v) is 2.85. The Hall–Kier alpha value is -1.78. The van der Waals surface area contributed by atoms with Gasteiger partial charge in [0.05, 0.1) is 16.3 Å². The number of fused-ring (bicyclic) bond motifs is 1. The first kappa shape index (κ1) is 11.3. The third-order valence-electron chi connectivity index (χ3n) is 2.78. The van der Waals surface area contributed by atoms with E-state index in [4.69, 9.17) is 5.73 Å². The monoisotopic (exact) mass is 255 g/mol. The van der Waals surface area contributed by atoms with E-state index in [0.29, 0.717) is 0 Å². The summed E-state index contributed by atoms with van der Waals surface area (Å²) in [5, 5.41) is 0.974. The minimum Gasteiger partial charge on any atom is -0.322 e. The lowest BCUT2D eigenvalue weighted by atomic mass is 10.1. The van der Waals surface area contributed by atoms with Gasteiger partial charge >= 0.3 is 0 Å². The molecule has 4 heteroatoms. The highest BCUT2D eigenvalue weighted by Gasteiger charge is 2.12. The Kier molecular flexibility index (Phi) is 3.04. The second-order valence-electron chi connectivity index (χ2n) is 4.15. The summed E-state index contributed by atoms with van der Waals surface area (Å²) in [4.78, 5) is 8.87. The zero-order chi connectivity index (χ0) is 12.4. The van der Waals surface area contributed by atoms with Gasteiger partial charge in [-0.2, -0.15) is 0 Å². The quantitative estimate of drug-likeness (QED) is 0.783. The van der Waals surface area contributed by atoms with Gasteiger partial charge in [0, 0.05) is 18.3 Å². The van der Waals surface area contributed by atoms with Crippen molar-refractivity contribution in [3.05, 3.63) is 59.4 Å². The maximum Gasteiger partial charge on any atom is 0.111 e. The van der Waals surface area contributed by atoms with Gasteiger partial charge in [0.25, 0.3) is 0 Å². The van der Waals surface area contributed by atoms with Gasteiger partial charge in [-0.3, -0.25) is 4.98 Å². The van der Waals surface area contributed by atoms with Crippen molar-refractivity contribution >= 4 is 21.6 Å². The normalized spacial score (nSPS) is 12.7. The van der Waals surface area contributed by atoms with Crippen LogP contribution in [0.2, 0.25) is 0 Å². The van der Waals surface area contributed by atoms with Crippen LogP contribution in [0.1, 0.15) is 16.7 Å². The molecule has 0 aliphatic carbocycles. The number of hydrogen-bond acceptors (Lipinski definition) is 4. The van der Waals surface area contributed by atoms with Gasteiger partial charge in [-0.1, -0.05) is 18.2 Å². The lowest BCUT2D eigenvalue weighted by Crippen LogP contribution is -2.13. The molecule has 1 atom stereocenters. The standard InChI is InChI=1S/C14H13N3S/c15-11(9-10-5-3-4-8-16-10)14-17-12-6-1-2-7-13(12)18-14/h1-8,11H,9,15H2. The Morgan fingerprint density at radius 3 is 2.72 bits per heavy atom. The van der Waals surface area contributed by atoms with Crippen LogP contribution < -0.4 is 5.73 Å². The molecule has 0 radical (unpaired) electrons. The molecular weight excluding hydrogens is 242 g/mol. The molecule has 2 heterocycles. The number of rotatable bonds is 3. The van der Waals surface area contributed by atoms with Crippen molar-refractivity contribution < 1.29 is 0 Å². The highest BCUT2D eigenvalue weighted by Crippen LogP contribution is 2.26. The summed E-state index contributed by atoms with van der Waals surface area (Å²) in [6.45, 7) is 0. The molecule has 1 unspecified atom stereocenters. The molecule has 90 valence electrons. The molecule has 0 aliphatic rings. The molecule has 0 amide bonds. The average Bonchev–Trinajstić information content (AvgIpc) is 2.84. The van der Waals surface area contributed by atoms with Gasteiger partial charge in [0.1, 0.15) is 5.01 Å². The van der Waals surface area contributed by atoms with Gasteiger partial charge in [0.15, 0.2) is 0 Å². The predicted molar refractivity (Wildman–Crippen MR) is 74.5 cm³/mol. The van der Waals surface area contributed by atoms with Gasteiger partial charge < -0.3 is 5.73 Å². The van der Waals surface area contributed by atoms with Gasteiger partial charge in [-0.25, -0.2) is 4.98 Å². The van der Waals surface area contributed by atoms with Crippen LogP contribution in [0.3, 0.4) is 0 Å². The Morgan fingerprint density at radius 1 is 1.11 bits per heavy atom. The van der Waals surface area contributed by atoms with E-state index >= 15 is 0 Å². The average molecular weight is 255 g/mol. The van der Waals surface area contributed by atoms with E-state index in [1.807, 2.05) is 36.4 Å². The maximum atomic E-state index is 6.20. The van der Waals surface area contributed by atoms with E-state index < -0.39 is 0 Å². The lowest BCUT2D eigenvalue weighted by Gasteiger charge is -2.06. The summed E-state index contributed by atoms with van der Waals surface area (Å²) in [6, 6.07) is 13.9. The molecule has 0 bridgehead atoms. The van der Waals surface area contributed by atoms with Gasteiger partial charge in [-0.15, -0.1) is 11.3 Å². The minimum absolute atomic E-state index is 0.0858. The van der Waals surface area contributed by atoms with E-state index in [1.165, 1.54) is 4.70 Å². The number of nitrogens with zero attached hydrogens (tertiary/aromatic N) is 2. The Bertz CT molecular complexity index is 615. The Morgan fingerprint density at radius 2 is 1.94 bits per heavy atom. The molecular formula is C14H13N3S. The van der Waals surface area contributed by atoms with Crippen molar-refractivity contribution in [1.29, 1.82) is 0 Å². The molecule has 0 spiro atoms. The third kappa shape index (κ3) is 2.25. The first-order valence-electron chi connectivity index (χ1n) is 5.84. The van der Waals surface area contributed by atoms with E-state index in [-0.39, 0.29) is 6.04 Å². The second-order valence-corrected chi connectivity index (χ2v) is 5.21. The molecule has 0 saturated heterocycles. The van der Waals surface area contributed by atoms with Crippen molar-refractivity contribution in [2.75, 3.05) is 0 Å². The molecule has 18 heavy (non-hydrogen) atoms. The fraction of sp³-hybridized carbons (Fsp3) is 0.143. The van der Waals surface area contributed by atoms with E-state index in [2.05, 4.69) is 16.0 Å². The van der Waals surface area contributed by atoms with E-state index in [1.54, 1.807) is 17.5 Å². The minimum atomic E-state index is -0.0858. The largest absolute Gasteiger partial charge is 0.322 e. The number of pyridine rings is 1. The first-order valence-corrected chi connectivity index (χ1v) is 6.65. The highest BCUT2D eigenvalue weighted by atomic mass is 32.1. The third-order valence-corrected chi connectivity index (χ3v) is 3.95. The van der Waals surface area contributed by atoms with Crippen molar-refractivity contribution in [2.24, 2.45) is 5.73 Å². The summed E-state index contributed by atoms with van der Waals surface area (Å²) < 4.78 is 1.18. The summed E-state index contributed by atoms with van der Waals surface area (Å²) in [7, 11) is 0. The van der Waals surface area contributed by atoms with Crippen LogP contribution >= 0.6 is 11.3 Å². The number of benzene rings is 1. The predicted octanol–water partition coefficient (Wildman–Crippen LogP) is 2.93. The maximum absolute atomic E-state index is 6.20. The molecule has 0 fully saturated rings. The number of thiazole rings is 1. The summed E-state index contributed by atoms with van der Waals surface area (Å²) in [5.41, 5.74) is 8.22. The number of nitrogens with two attached hydrogens (primary N) is 1. The molecule has 3 aromatic rings. The molecule has 0 saturated carbocycles. The van der Waals surface area contributed by atoms with Crippen LogP contribution in [0.15, 0.2) is 48.7 Å². The number of aromatic nitrogens is 2. The molecule has 2 N–H and O–H groups in total. The van der Waals surface area contributed by atoms with E-state index in [0.717, 1.165) is 22.6 Å². The molecule has 1 aromatic carbocycles. The van der Waals surface area contributed by atoms with Gasteiger partial charge in [0.2, 0.25) is 0 Å². The zero-order valence-corrected chi connectivity index (χ0v) is 10.6. The summed E-state index contributed by atoms with van der Waals surface area (Å²) >= 11 is 1.66. The molecule has 2 aromatic heterocycles. The summed E-state index contributed by atoms with van der Waals surface area (Å²) in [6.07, 6.45) is 2.51. The van der Waals surface area contributed by atoms with Crippen LogP contribution in [0.4, 0.5) is 0 Å².